The highest BCUT2D eigenvalue weighted by atomic mass is 16.5. The second-order valence-corrected chi connectivity index (χ2v) is 4.72. The summed E-state index contributed by atoms with van der Waals surface area (Å²) in [4.78, 5) is 20.2. The van der Waals surface area contributed by atoms with Crippen molar-refractivity contribution >= 4 is 11.6 Å². The van der Waals surface area contributed by atoms with Crippen LogP contribution in [0.3, 0.4) is 0 Å². The summed E-state index contributed by atoms with van der Waals surface area (Å²) < 4.78 is 6.78. The Hall–Kier alpha value is -2.69. The molecule has 3 heterocycles. The summed E-state index contributed by atoms with van der Waals surface area (Å²) in [6.45, 7) is 4.07. The molecule has 3 aromatic heterocycles. The van der Waals surface area contributed by atoms with Crippen LogP contribution in [0.4, 0.5) is 0 Å². The number of hydrogen-bond acceptors (Lipinski definition) is 4. The van der Waals surface area contributed by atoms with Crippen LogP contribution in [0.1, 0.15) is 23.1 Å². The van der Waals surface area contributed by atoms with Gasteiger partial charge < -0.3 is 9.14 Å². The summed E-state index contributed by atoms with van der Waals surface area (Å²) in [7, 11) is 0. The molecule has 0 amide bonds. The molecule has 0 aliphatic rings. The molecule has 0 aromatic carbocycles. The maximum atomic E-state index is 11.7. The van der Waals surface area contributed by atoms with E-state index in [1.165, 1.54) is 0 Å². The maximum Gasteiger partial charge on any atom is 0.358 e. The van der Waals surface area contributed by atoms with Crippen molar-refractivity contribution in [2.24, 2.45) is 0 Å². The van der Waals surface area contributed by atoms with E-state index >= 15 is 0 Å². The molecule has 0 unspecified atom stereocenters. The Balaban J connectivity index is 2.00. The SMILES string of the molecule is CCOC(=O)c1cn2cc(-c3ccc(C)nc3)ccc2n1. The van der Waals surface area contributed by atoms with E-state index in [2.05, 4.69) is 9.97 Å². The predicted molar refractivity (Wildman–Crippen MR) is 79.1 cm³/mol. The molecule has 0 fully saturated rings. The van der Waals surface area contributed by atoms with Gasteiger partial charge in [-0.1, -0.05) is 6.07 Å². The second kappa shape index (κ2) is 5.36. The normalized spacial score (nSPS) is 10.8. The first-order valence-corrected chi connectivity index (χ1v) is 6.76. The second-order valence-electron chi connectivity index (χ2n) is 4.72. The fourth-order valence-corrected chi connectivity index (χ4v) is 2.10. The average Bonchev–Trinajstić information content (AvgIpc) is 2.91. The molecule has 5 heteroatoms. The summed E-state index contributed by atoms with van der Waals surface area (Å²) in [6, 6.07) is 7.83. The molecule has 0 N–H and O–H groups in total. The minimum Gasteiger partial charge on any atom is -0.461 e. The molecule has 5 nitrogen and oxygen atoms in total. The third-order valence-corrected chi connectivity index (χ3v) is 3.18. The van der Waals surface area contributed by atoms with E-state index in [0.717, 1.165) is 16.8 Å². The zero-order valence-electron chi connectivity index (χ0n) is 11.9. The summed E-state index contributed by atoms with van der Waals surface area (Å²) in [5.74, 6) is -0.403. The Morgan fingerprint density at radius 2 is 2.00 bits per heavy atom. The van der Waals surface area contributed by atoms with E-state index in [1.807, 2.05) is 48.0 Å². The number of rotatable bonds is 3. The van der Waals surface area contributed by atoms with Crippen LogP contribution in [0.15, 0.2) is 42.9 Å². The topological polar surface area (TPSA) is 56.5 Å². The summed E-state index contributed by atoms with van der Waals surface area (Å²) in [5.41, 5.74) is 4.04. The van der Waals surface area contributed by atoms with Crippen molar-refractivity contribution in [1.82, 2.24) is 14.4 Å². The van der Waals surface area contributed by atoms with Crippen LogP contribution in [-0.2, 0) is 4.74 Å². The Morgan fingerprint density at radius 1 is 1.19 bits per heavy atom. The molecule has 106 valence electrons. The fourth-order valence-electron chi connectivity index (χ4n) is 2.10. The van der Waals surface area contributed by atoms with Gasteiger partial charge in [0.1, 0.15) is 5.65 Å². The predicted octanol–water partition coefficient (Wildman–Crippen LogP) is 2.88. The molecular formula is C16H15N3O2. The lowest BCUT2D eigenvalue weighted by atomic mass is 10.1. The maximum absolute atomic E-state index is 11.7. The number of imidazole rings is 1. The minimum atomic E-state index is -0.403. The molecule has 0 saturated heterocycles. The van der Waals surface area contributed by atoms with Gasteiger partial charge in [0, 0.05) is 29.8 Å². The molecule has 21 heavy (non-hydrogen) atoms. The van der Waals surface area contributed by atoms with Gasteiger partial charge in [-0.15, -0.1) is 0 Å². The Labute approximate surface area is 122 Å². The number of nitrogens with zero attached hydrogens (tertiary/aromatic N) is 3. The van der Waals surface area contributed by atoms with Crippen molar-refractivity contribution < 1.29 is 9.53 Å². The van der Waals surface area contributed by atoms with E-state index in [4.69, 9.17) is 4.74 Å². The van der Waals surface area contributed by atoms with Gasteiger partial charge in [0.05, 0.1) is 6.61 Å². The summed E-state index contributed by atoms with van der Waals surface area (Å²) in [5, 5.41) is 0. The Kier molecular flexibility index (Phi) is 3.39. The molecule has 0 aliphatic carbocycles. The lowest BCUT2D eigenvalue weighted by Crippen LogP contribution is -2.04. The third kappa shape index (κ3) is 2.63. The molecule has 0 saturated carbocycles. The van der Waals surface area contributed by atoms with Crippen molar-refractivity contribution in [1.29, 1.82) is 0 Å². The van der Waals surface area contributed by atoms with Gasteiger partial charge in [-0.2, -0.15) is 0 Å². The van der Waals surface area contributed by atoms with Gasteiger partial charge in [-0.05, 0) is 37.6 Å². The molecule has 0 radical (unpaired) electrons. The first kappa shape index (κ1) is 13.3. The molecule has 0 bridgehead atoms. The fraction of sp³-hybridized carbons (Fsp3) is 0.188. The Bertz CT molecular complexity index is 791. The molecule has 3 rings (SSSR count). The first-order valence-electron chi connectivity index (χ1n) is 6.76. The van der Waals surface area contributed by atoms with Gasteiger partial charge in [0.2, 0.25) is 0 Å². The minimum absolute atomic E-state index is 0.316. The standard InChI is InChI=1S/C16H15N3O2/c1-3-21-16(20)14-10-19-9-13(6-7-15(19)18-14)12-5-4-11(2)17-8-12/h4-10H,3H2,1-2H3. The van der Waals surface area contributed by atoms with Crippen LogP contribution in [0, 0.1) is 6.92 Å². The highest BCUT2D eigenvalue weighted by Crippen LogP contribution is 2.19. The van der Waals surface area contributed by atoms with Crippen LogP contribution in [0.25, 0.3) is 16.8 Å². The van der Waals surface area contributed by atoms with Crippen LogP contribution in [-0.4, -0.2) is 26.9 Å². The van der Waals surface area contributed by atoms with Crippen molar-refractivity contribution in [3.05, 3.63) is 54.2 Å². The lowest BCUT2D eigenvalue weighted by Gasteiger charge is -2.02. The quantitative estimate of drug-likeness (QED) is 0.693. The van der Waals surface area contributed by atoms with E-state index in [0.29, 0.717) is 17.9 Å². The van der Waals surface area contributed by atoms with Gasteiger partial charge in [0.25, 0.3) is 0 Å². The highest BCUT2D eigenvalue weighted by Gasteiger charge is 2.11. The zero-order chi connectivity index (χ0) is 14.8. The number of aryl methyl sites for hydroxylation is 1. The van der Waals surface area contributed by atoms with E-state index in [-0.39, 0.29) is 0 Å². The lowest BCUT2D eigenvalue weighted by molar-refractivity contribution is 0.0520. The number of ether oxygens (including phenoxy) is 1. The molecule has 0 atom stereocenters. The molecule has 0 spiro atoms. The van der Waals surface area contributed by atoms with E-state index in [9.17, 15) is 4.79 Å². The highest BCUT2D eigenvalue weighted by molar-refractivity contribution is 5.88. The van der Waals surface area contributed by atoms with Gasteiger partial charge in [-0.25, -0.2) is 9.78 Å². The van der Waals surface area contributed by atoms with Crippen LogP contribution >= 0.6 is 0 Å². The van der Waals surface area contributed by atoms with Gasteiger partial charge in [0.15, 0.2) is 5.69 Å². The Morgan fingerprint density at radius 3 is 2.71 bits per heavy atom. The van der Waals surface area contributed by atoms with Crippen LogP contribution in [0.2, 0.25) is 0 Å². The largest absolute Gasteiger partial charge is 0.461 e. The zero-order valence-corrected chi connectivity index (χ0v) is 11.9. The summed E-state index contributed by atoms with van der Waals surface area (Å²) >= 11 is 0. The monoisotopic (exact) mass is 281 g/mol. The number of carbonyl (C=O) groups excluding carboxylic acids is 1. The number of pyridine rings is 2. The summed E-state index contributed by atoms with van der Waals surface area (Å²) in [6.07, 6.45) is 5.44. The van der Waals surface area contributed by atoms with Crippen molar-refractivity contribution in [3.8, 4) is 11.1 Å². The average molecular weight is 281 g/mol. The number of aromatic nitrogens is 3. The van der Waals surface area contributed by atoms with E-state index in [1.54, 1.807) is 13.1 Å². The van der Waals surface area contributed by atoms with Gasteiger partial charge >= 0.3 is 5.97 Å². The number of carbonyl (C=O) groups is 1. The first-order chi connectivity index (χ1) is 10.2. The van der Waals surface area contributed by atoms with E-state index < -0.39 is 5.97 Å². The number of hydrogen-bond donors (Lipinski definition) is 0. The van der Waals surface area contributed by atoms with Crippen molar-refractivity contribution in [2.45, 2.75) is 13.8 Å². The third-order valence-electron chi connectivity index (χ3n) is 3.18. The smallest absolute Gasteiger partial charge is 0.358 e. The molecular weight excluding hydrogens is 266 g/mol. The van der Waals surface area contributed by atoms with Gasteiger partial charge in [-0.3, -0.25) is 4.98 Å². The van der Waals surface area contributed by atoms with Crippen molar-refractivity contribution in [3.63, 3.8) is 0 Å². The molecule has 0 aliphatic heterocycles. The number of esters is 1. The number of fused-ring (bicyclic) bond motifs is 1. The van der Waals surface area contributed by atoms with Crippen LogP contribution in [0.5, 0.6) is 0 Å². The van der Waals surface area contributed by atoms with Crippen LogP contribution < -0.4 is 0 Å². The van der Waals surface area contributed by atoms with Crippen molar-refractivity contribution in [2.75, 3.05) is 6.61 Å². The molecule has 3 aromatic rings.